The smallest absolute Gasteiger partial charge is 0.315 e. The zero-order valence-corrected chi connectivity index (χ0v) is 11.7. The van der Waals surface area contributed by atoms with Gasteiger partial charge in [0.15, 0.2) is 0 Å². The number of halogens is 1. The van der Waals surface area contributed by atoms with Crippen LogP contribution >= 0.6 is 11.6 Å². The molecule has 0 aromatic heterocycles. The Morgan fingerprint density at radius 1 is 1.30 bits per heavy atom. The topological polar surface area (TPSA) is 78.4 Å². The van der Waals surface area contributed by atoms with Gasteiger partial charge in [-0.25, -0.2) is 4.79 Å². The summed E-state index contributed by atoms with van der Waals surface area (Å²) in [6.45, 7) is 0.315. The Kier molecular flexibility index (Phi) is 4.84. The molecule has 20 heavy (non-hydrogen) atoms. The lowest BCUT2D eigenvalue weighted by Crippen LogP contribution is -2.45. The summed E-state index contributed by atoms with van der Waals surface area (Å²) in [7, 11) is 0. The molecule has 0 aliphatic heterocycles. The minimum Gasteiger partial charge on any atom is -0.481 e. The van der Waals surface area contributed by atoms with Gasteiger partial charge in [0, 0.05) is 17.6 Å². The van der Waals surface area contributed by atoms with E-state index in [4.69, 9.17) is 16.7 Å². The molecule has 0 radical (unpaired) electrons. The van der Waals surface area contributed by atoms with E-state index in [1.807, 2.05) is 18.2 Å². The van der Waals surface area contributed by atoms with Gasteiger partial charge in [0.2, 0.25) is 0 Å². The number of urea groups is 1. The largest absolute Gasteiger partial charge is 0.481 e. The van der Waals surface area contributed by atoms with Gasteiger partial charge in [0.05, 0.1) is 5.92 Å². The number of carbonyl (C=O) groups excluding carboxylic acids is 1. The monoisotopic (exact) mass is 296 g/mol. The summed E-state index contributed by atoms with van der Waals surface area (Å²) in [5.74, 6) is -1.33. The molecule has 1 saturated carbocycles. The number of hydrogen-bond acceptors (Lipinski definition) is 2. The van der Waals surface area contributed by atoms with Crippen molar-refractivity contribution in [2.24, 2.45) is 5.92 Å². The number of carboxylic acid groups (broad SMARTS) is 1. The number of nitrogens with one attached hydrogen (secondary N) is 2. The van der Waals surface area contributed by atoms with Gasteiger partial charge in [-0.1, -0.05) is 36.2 Å². The van der Waals surface area contributed by atoms with Gasteiger partial charge in [0.25, 0.3) is 0 Å². The van der Waals surface area contributed by atoms with Gasteiger partial charge in [-0.3, -0.25) is 4.79 Å². The van der Waals surface area contributed by atoms with Gasteiger partial charge in [0.1, 0.15) is 0 Å². The molecule has 1 aliphatic carbocycles. The normalized spacial score (nSPS) is 21.4. The molecule has 0 spiro atoms. The molecule has 1 aliphatic rings. The second-order valence-electron chi connectivity index (χ2n) is 4.90. The molecule has 3 N–H and O–H groups in total. The first kappa shape index (κ1) is 14.7. The van der Waals surface area contributed by atoms with Crippen LogP contribution in [0.2, 0.25) is 5.02 Å². The first-order chi connectivity index (χ1) is 9.58. The molecular weight excluding hydrogens is 280 g/mol. The van der Waals surface area contributed by atoms with Crippen LogP contribution < -0.4 is 10.6 Å². The molecule has 1 aromatic carbocycles. The maximum Gasteiger partial charge on any atom is 0.315 e. The predicted molar refractivity (Wildman–Crippen MR) is 75.6 cm³/mol. The minimum absolute atomic E-state index is 0.293. The van der Waals surface area contributed by atoms with Gasteiger partial charge in [-0.15, -0.1) is 0 Å². The maximum atomic E-state index is 11.8. The lowest BCUT2D eigenvalue weighted by atomic mass is 10.0. The highest BCUT2D eigenvalue weighted by Gasteiger charge is 2.33. The fraction of sp³-hybridized carbons (Fsp3) is 0.429. The number of rotatable bonds is 4. The van der Waals surface area contributed by atoms with Crippen LogP contribution in [0.3, 0.4) is 0 Å². The summed E-state index contributed by atoms with van der Waals surface area (Å²) in [5.41, 5.74) is 0.825. The molecule has 2 atom stereocenters. The van der Waals surface area contributed by atoms with Crippen molar-refractivity contribution in [3.63, 3.8) is 0 Å². The standard InChI is InChI=1S/C14H17ClN2O3/c15-11-6-2-1-4-9(11)8-16-14(20)17-12-7-3-5-10(12)13(18)19/h1-2,4,6,10,12H,3,5,7-8H2,(H,18,19)(H2,16,17,20). The SMILES string of the molecule is O=C(NCc1ccccc1Cl)NC1CCCC1C(=O)O. The zero-order valence-electron chi connectivity index (χ0n) is 10.9. The predicted octanol–water partition coefficient (Wildman–Crippen LogP) is 2.39. The van der Waals surface area contributed by atoms with Crippen molar-refractivity contribution in [1.82, 2.24) is 10.6 Å². The van der Waals surface area contributed by atoms with E-state index >= 15 is 0 Å². The molecule has 2 unspecified atom stereocenters. The molecular formula is C14H17ClN2O3. The Labute approximate surface area is 122 Å². The van der Waals surface area contributed by atoms with E-state index in [1.165, 1.54) is 0 Å². The average Bonchev–Trinajstić information content (AvgIpc) is 2.86. The van der Waals surface area contributed by atoms with Gasteiger partial charge in [-0.2, -0.15) is 0 Å². The second kappa shape index (κ2) is 6.61. The van der Waals surface area contributed by atoms with E-state index in [1.54, 1.807) is 6.07 Å². The van der Waals surface area contributed by atoms with Crippen molar-refractivity contribution < 1.29 is 14.7 Å². The highest BCUT2D eigenvalue weighted by Crippen LogP contribution is 2.25. The van der Waals surface area contributed by atoms with E-state index in [-0.39, 0.29) is 12.1 Å². The lowest BCUT2D eigenvalue weighted by Gasteiger charge is -2.18. The van der Waals surface area contributed by atoms with E-state index in [2.05, 4.69) is 10.6 Å². The Balaban J connectivity index is 1.84. The molecule has 2 amide bonds. The number of aliphatic carboxylic acids is 1. The van der Waals surface area contributed by atoms with Gasteiger partial charge >= 0.3 is 12.0 Å². The quantitative estimate of drug-likeness (QED) is 0.798. The summed E-state index contributed by atoms with van der Waals surface area (Å²) in [6, 6.07) is 6.61. The molecule has 0 bridgehead atoms. The van der Waals surface area contributed by atoms with Gasteiger partial charge < -0.3 is 15.7 Å². The van der Waals surface area contributed by atoms with Gasteiger partial charge in [-0.05, 0) is 24.5 Å². The summed E-state index contributed by atoms with van der Waals surface area (Å²) in [6.07, 6.45) is 2.15. The van der Waals surface area contributed by atoms with Crippen LogP contribution in [0.25, 0.3) is 0 Å². The molecule has 2 rings (SSSR count). The van der Waals surface area contributed by atoms with Crippen molar-refractivity contribution >= 4 is 23.6 Å². The minimum atomic E-state index is -0.848. The molecule has 0 saturated heterocycles. The summed E-state index contributed by atoms with van der Waals surface area (Å²) in [5, 5.41) is 15.1. The molecule has 1 fully saturated rings. The van der Waals surface area contributed by atoms with E-state index in [0.717, 1.165) is 12.0 Å². The van der Waals surface area contributed by atoms with Crippen molar-refractivity contribution in [2.45, 2.75) is 31.8 Å². The number of carbonyl (C=O) groups is 2. The maximum absolute atomic E-state index is 11.8. The number of benzene rings is 1. The third kappa shape index (κ3) is 3.63. The van der Waals surface area contributed by atoms with Crippen LogP contribution in [-0.2, 0) is 11.3 Å². The van der Waals surface area contributed by atoms with E-state index in [9.17, 15) is 9.59 Å². The summed E-state index contributed by atoms with van der Waals surface area (Å²) < 4.78 is 0. The van der Waals surface area contributed by atoms with Crippen LogP contribution in [0.1, 0.15) is 24.8 Å². The molecule has 6 heteroatoms. The third-order valence-electron chi connectivity index (χ3n) is 3.55. The molecule has 1 aromatic rings. The highest BCUT2D eigenvalue weighted by molar-refractivity contribution is 6.31. The zero-order chi connectivity index (χ0) is 14.5. The number of amides is 2. The first-order valence-corrected chi connectivity index (χ1v) is 6.96. The molecule has 0 heterocycles. The fourth-order valence-corrected chi connectivity index (χ4v) is 2.67. The lowest BCUT2D eigenvalue weighted by molar-refractivity contribution is -0.142. The van der Waals surface area contributed by atoms with Crippen LogP contribution in [0, 0.1) is 5.92 Å². The third-order valence-corrected chi connectivity index (χ3v) is 3.92. The van der Waals surface area contributed by atoms with Crippen molar-refractivity contribution in [3.8, 4) is 0 Å². The summed E-state index contributed by atoms with van der Waals surface area (Å²) >= 11 is 5.99. The van der Waals surface area contributed by atoms with E-state index in [0.29, 0.717) is 24.4 Å². The number of carboxylic acids is 1. The number of hydrogen-bond donors (Lipinski definition) is 3. The highest BCUT2D eigenvalue weighted by atomic mass is 35.5. The average molecular weight is 297 g/mol. The Morgan fingerprint density at radius 2 is 2.05 bits per heavy atom. The fourth-order valence-electron chi connectivity index (χ4n) is 2.47. The van der Waals surface area contributed by atoms with Crippen LogP contribution in [0.4, 0.5) is 4.79 Å². The van der Waals surface area contributed by atoms with Crippen LogP contribution in [0.5, 0.6) is 0 Å². The Bertz CT molecular complexity index is 507. The van der Waals surface area contributed by atoms with Crippen LogP contribution in [-0.4, -0.2) is 23.1 Å². The summed E-state index contributed by atoms with van der Waals surface area (Å²) in [4.78, 5) is 22.8. The molecule has 108 valence electrons. The first-order valence-electron chi connectivity index (χ1n) is 6.58. The Hall–Kier alpha value is -1.75. The van der Waals surface area contributed by atoms with E-state index < -0.39 is 11.9 Å². The molecule has 5 nitrogen and oxygen atoms in total. The van der Waals surface area contributed by atoms with Crippen LogP contribution in [0.15, 0.2) is 24.3 Å². The Morgan fingerprint density at radius 3 is 2.75 bits per heavy atom. The second-order valence-corrected chi connectivity index (χ2v) is 5.31. The van der Waals surface area contributed by atoms with Crippen molar-refractivity contribution in [2.75, 3.05) is 0 Å². The van der Waals surface area contributed by atoms with Crippen molar-refractivity contribution in [3.05, 3.63) is 34.9 Å². The van der Waals surface area contributed by atoms with Crippen molar-refractivity contribution in [1.29, 1.82) is 0 Å².